The summed E-state index contributed by atoms with van der Waals surface area (Å²) >= 11 is 1.56. The van der Waals surface area contributed by atoms with E-state index in [1.807, 2.05) is 20.1 Å². The number of aromatic amines is 1. The normalized spacial score (nSPS) is 14.4. The second-order valence-corrected chi connectivity index (χ2v) is 7.81. The first-order valence-corrected chi connectivity index (χ1v) is 10.3. The van der Waals surface area contributed by atoms with Gasteiger partial charge in [0, 0.05) is 18.3 Å². The van der Waals surface area contributed by atoms with Crippen LogP contribution in [-0.4, -0.2) is 57.8 Å². The van der Waals surface area contributed by atoms with Crippen molar-refractivity contribution in [3.05, 3.63) is 18.2 Å². The Morgan fingerprint density at radius 2 is 1.89 bits per heavy atom. The molecule has 0 radical (unpaired) electrons. The molecular formula is C17H30N6O3S. The fraction of sp³-hybridized carbons (Fsp3) is 0.647. The van der Waals surface area contributed by atoms with Crippen LogP contribution in [0.15, 0.2) is 12.5 Å². The van der Waals surface area contributed by atoms with Crippen molar-refractivity contribution < 1.29 is 14.4 Å². The van der Waals surface area contributed by atoms with Gasteiger partial charge in [0.05, 0.1) is 12.4 Å². The molecule has 1 aromatic rings. The highest BCUT2D eigenvalue weighted by atomic mass is 32.2. The summed E-state index contributed by atoms with van der Waals surface area (Å²) in [7, 11) is 0. The molecule has 1 rings (SSSR count). The van der Waals surface area contributed by atoms with Crippen LogP contribution < -0.4 is 22.1 Å². The van der Waals surface area contributed by atoms with E-state index in [0.717, 1.165) is 5.69 Å². The van der Waals surface area contributed by atoms with Crippen molar-refractivity contribution in [3.8, 4) is 0 Å². The molecule has 0 aromatic carbocycles. The zero-order valence-electron chi connectivity index (χ0n) is 16.0. The molecular weight excluding hydrogens is 368 g/mol. The molecule has 27 heavy (non-hydrogen) atoms. The number of rotatable bonds is 12. The van der Waals surface area contributed by atoms with Gasteiger partial charge in [-0.3, -0.25) is 14.4 Å². The van der Waals surface area contributed by atoms with E-state index in [1.165, 1.54) is 6.33 Å². The molecule has 0 aliphatic heterocycles. The third kappa shape index (κ3) is 8.44. The summed E-state index contributed by atoms with van der Waals surface area (Å²) in [6.45, 7) is 3.88. The third-order valence-electron chi connectivity index (χ3n) is 3.94. The zero-order valence-corrected chi connectivity index (χ0v) is 16.8. The second-order valence-electron chi connectivity index (χ2n) is 6.82. The molecule has 0 fully saturated rings. The number of nitrogens with zero attached hydrogens (tertiary/aromatic N) is 1. The predicted molar refractivity (Wildman–Crippen MR) is 106 cm³/mol. The highest BCUT2D eigenvalue weighted by Crippen LogP contribution is 2.08. The molecule has 1 aromatic heterocycles. The lowest BCUT2D eigenvalue weighted by atomic mass is 10.0. The average Bonchev–Trinajstić information content (AvgIpc) is 3.09. The molecule has 0 aliphatic rings. The molecule has 3 atom stereocenters. The minimum Gasteiger partial charge on any atom is -0.368 e. The van der Waals surface area contributed by atoms with Gasteiger partial charge in [0.15, 0.2) is 0 Å². The fourth-order valence-corrected chi connectivity index (χ4v) is 2.97. The van der Waals surface area contributed by atoms with Gasteiger partial charge in [-0.25, -0.2) is 4.98 Å². The maximum atomic E-state index is 12.6. The van der Waals surface area contributed by atoms with E-state index in [0.29, 0.717) is 18.6 Å². The summed E-state index contributed by atoms with van der Waals surface area (Å²) in [5.74, 6) is -0.628. The number of nitrogens with two attached hydrogens (primary N) is 2. The van der Waals surface area contributed by atoms with E-state index in [1.54, 1.807) is 18.0 Å². The number of carbonyl (C=O) groups excluding carboxylic acids is 3. The molecule has 9 nitrogen and oxygen atoms in total. The SMILES string of the molecule is CSCCC(NC(=O)C(CC(C)C)NC(=O)C(N)Cc1cnc[nH]1)C(N)=O. The van der Waals surface area contributed by atoms with Crippen LogP contribution in [0.4, 0.5) is 0 Å². The Kier molecular flexibility index (Phi) is 9.87. The first kappa shape index (κ1) is 23.0. The predicted octanol–water partition coefficient (Wildman–Crippen LogP) is -0.466. The molecule has 7 N–H and O–H groups in total. The molecule has 152 valence electrons. The lowest BCUT2D eigenvalue weighted by Crippen LogP contribution is -2.56. The number of aromatic nitrogens is 2. The van der Waals surface area contributed by atoms with Gasteiger partial charge in [-0.15, -0.1) is 0 Å². The number of carbonyl (C=O) groups is 3. The zero-order chi connectivity index (χ0) is 20.4. The third-order valence-corrected chi connectivity index (χ3v) is 4.59. The standard InChI is InChI=1S/C17H30N6O3S/c1-10(2)6-14(17(26)22-13(15(19)24)4-5-27-3)23-16(25)12(18)7-11-8-20-9-21-11/h8-10,12-14H,4-7,18H2,1-3H3,(H2,19,24)(H,20,21)(H,22,26)(H,23,25). The molecule has 0 aliphatic carbocycles. The Morgan fingerprint density at radius 3 is 2.41 bits per heavy atom. The molecule has 1 heterocycles. The first-order chi connectivity index (χ1) is 12.7. The van der Waals surface area contributed by atoms with Crippen molar-refractivity contribution >= 4 is 29.5 Å². The minimum atomic E-state index is -0.823. The number of hydrogen-bond donors (Lipinski definition) is 5. The Labute approximate surface area is 163 Å². The summed E-state index contributed by atoms with van der Waals surface area (Å²) in [6, 6.07) is -2.38. The molecule has 0 spiro atoms. The van der Waals surface area contributed by atoms with E-state index in [-0.39, 0.29) is 12.3 Å². The molecule has 3 unspecified atom stereocenters. The quantitative estimate of drug-likeness (QED) is 0.320. The highest BCUT2D eigenvalue weighted by molar-refractivity contribution is 7.98. The molecule has 3 amide bonds. The van der Waals surface area contributed by atoms with E-state index < -0.39 is 35.8 Å². The van der Waals surface area contributed by atoms with Crippen LogP contribution in [0.5, 0.6) is 0 Å². The smallest absolute Gasteiger partial charge is 0.243 e. The Balaban J connectivity index is 2.73. The number of imidazole rings is 1. The van der Waals surface area contributed by atoms with Crippen LogP contribution in [0.1, 0.15) is 32.4 Å². The Morgan fingerprint density at radius 1 is 1.22 bits per heavy atom. The summed E-state index contributed by atoms with van der Waals surface area (Å²) < 4.78 is 0. The minimum absolute atomic E-state index is 0.156. The summed E-state index contributed by atoms with van der Waals surface area (Å²) in [6.07, 6.45) is 6.14. The first-order valence-electron chi connectivity index (χ1n) is 8.86. The van der Waals surface area contributed by atoms with Crippen LogP contribution >= 0.6 is 11.8 Å². The van der Waals surface area contributed by atoms with Crippen molar-refractivity contribution in [1.82, 2.24) is 20.6 Å². The monoisotopic (exact) mass is 398 g/mol. The van der Waals surface area contributed by atoms with Gasteiger partial charge >= 0.3 is 0 Å². The van der Waals surface area contributed by atoms with Gasteiger partial charge in [-0.2, -0.15) is 11.8 Å². The van der Waals surface area contributed by atoms with Gasteiger partial charge in [-0.05, 0) is 30.8 Å². The summed E-state index contributed by atoms with van der Waals surface area (Å²) in [4.78, 5) is 43.4. The van der Waals surface area contributed by atoms with Crippen molar-refractivity contribution in [3.63, 3.8) is 0 Å². The van der Waals surface area contributed by atoms with E-state index in [9.17, 15) is 14.4 Å². The fourth-order valence-electron chi connectivity index (χ4n) is 2.50. The number of H-pyrrole nitrogens is 1. The summed E-state index contributed by atoms with van der Waals surface area (Å²) in [5.41, 5.74) is 12.0. The average molecular weight is 399 g/mol. The van der Waals surface area contributed by atoms with E-state index in [4.69, 9.17) is 11.5 Å². The van der Waals surface area contributed by atoms with Gasteiger partial charge < -0.3 is 27.1 Å². The largest absolute Gasteiger partial charge is 0.368 e. The molecule has 0 saturated heterocycles. The van der Waals surface area contributed by atoms with E-state index >= 15 is 0 Å². The van der Waals surface area contributed by atoms with Crippen LogP contribution in [0, 0.1) is 5.92 Å². The molecule has 10 heteroatoms. The van der Waals surface area contributed by atoms with Crippen molar-refractivity contribution in [2.24, 2.45) is 17.4 Å². The second kappa shape index (κ2) is 11.6. The van der Waals surface area contributed by atoms with Crippen LogP contribution in [-0.2, 0) is 20.8 Å². The number of amides is 3. The van der Waals surface area contributed by atoms with Crippen LogP contribution in [0.25, 0.3) is 0 Å². The molecule has 0 saturated carbocycles. The van der Waals surface area contributed by atoms with E-state index in [2.05, 4.69) is 20.6 Å². The molecule has 0 bridgehead atoms. The number of primary amides is 1. The Hall–Kier alpha value is -2.07. The van der Waals surface area contributed by atoms with Gasteiger partial charge in [0.2, 0.25) is 17.7 Å². The number of hydrogen-bond acceptors (Lipinski definition) is 6. The van der Waals surface area contributed by atoms with Crippen LogP contribution in [0.2, 0.25) is 0 Å². The van der Waals surface area contributed by atoms with Crippen molar-refractivity contribution in [1.29, 1.82) is 0 Å². The van der Waals surface area contributed by atoms with Gasteiger partial charge in [0.25, 0.3) is 0 Å². The summed E-state index contributed by atoms with van der Waals surface area (Å²) in [5, 5.41) is 5.34. The Bertz CT molecular complexity index is 608. The lowest BCUT2D eigenvalue weighted by Gasteiger charge is -2.24. The van der Waals surface area contributed by atoms with Crippen LogP contribution in [0.3, 0.4) is 0 Å². The highest BCUT2D eigenvalue weighted by Gasteiger charge is 2.27. The van der Waals surface area contributed by atoms with Crippen molar-refractivity contribution in [2.45, 2.75) is 51.2 Å². The van der Waals surface area contributed by atoms with Gasteiger partial charge in [0.1, 0.15) is 12.1 Å². The maximum absolute atomic E-state index is 12.6. The maximum Gasteiger partial charge on any atom is 0.243 e. The lowest BCUT2D eigenvalue weighted by molar-refractivity contribution is -0.132. The number of nitrogens with one attached hydrogen (secondary N) is 3. The topological polar surface area (TPSA) is 156 Å². The van der Waals surface area contributed by atoms with Gasteiger partial charge in [-0.1, -0.05) is 13.8 Å². The van der Waals surface area contributed by atoms with Crippen molar-refractivity contribution in [2.75, 3.05) is 12.0 Å². The number of thioether (sulfide) groups is 1.